The van der Waals surface area contributed by atoms with Crippen molar-refractivity contribution in [1.82, 2.24) is 0 Å². The normalized spacial score (nSPS) is 29.2. The highest BCUT2D eigenvalue weighted by Crippen LogP contribution is 2.59. The molecule has 1 aromatic heterocycles. The van der Waals surface area contributed by atoms with Gasteiger partial charge in [-0.05, 0) is 55.1 Å². The first-order valence-corrected chi connectivity index (χ1v) is 11.3. The van der Waals surface area contributed by atoms with E-state index in [9.17, 15) is 9.90 Å². The van der Waals surface area contributed by atoms with E-state index in [1.165, 1.54) is 18.7 Å². The lowest BCUT2D eigenvalue weighted by atomic mass is 9.48. The van der Waals surface area contributed by atoms with Crippen LogP contribution in [-0.2, 0) is 0 Å². The number of ether oxygens (including phenoxy) is 3. The van der Waals surface area contributed by atoms with Crippen LogP contribution in [0, 0.1) is 22.7 Å². The smallest absolute Gasteiger partial charge is 0.336 e. The maximum Gasteiger partial charge on any atom is 0.336 e. The summed E-state index contributed by atoms with van der Waals surface area (Å²) in [5, 5.41) is 11.4. The summed E-state index contributed by atoms with van der Waals surface area (Å²) in [6, 6.07) is 4.85. The zero-order valence-electron chi connectivity index (χ0n) is 19.9. The molecular formula is C26H34O6. The number of methoxy groups -OCH3 is 2. The molecule has 1 saturated carbocycles. The van der Waals surface area contributed by atoms with Gasteiger partial charge >= 0.3 is 5.63 Å². The zero-order chi connectivity index (χ0) is 23.3. The van der Waals surface area contributed by atoms with E-state index in [4.69, 9.17) is 18.6 Å². The molecule has 4 rings (SSSR count). The van der Waals surface area contributed by atoms with Gasteiger partial charge in [0.1, 0.15) is 0 Å². The molecule has 0 spiro atoms. The maximum atomic E-state index is 11.8. The van der Waals surface area contributed by atoms with Gasteiger partial charge in [0.25, 0.3) is 0 Å². The number of fused-ring (bicyclic) bond motifs is 2. The number of aliphatic hydroxyl groups excluding tert-OH is 1. The van der Waals surface area contributed by atoms with Crippen LogP contribution >= 0.6 is 0 Å². The van der Waals surface area contributed by atoms with E-state index >= 15 is 0 Å². The largest absolute Gasteiger partial charge is 0.493 e. The Balaban J connectivity index is 1.72. The van der Waals surface area contributed by atoms with Gasteiger partial charge in [0.2, 0.25) is 11.5 Å². The van der Waals surface area contributed by atoms with Crippen LogP contribution in [0.15, 0.2) is 39.1 Å². The summed E-state index contributed by atoms with van der Waals surface area (Å²) in [6.45, 7) is 9.31. The monoisotopic (exact) mass is 442 g/mol. The molecule has 2 aliphatic carbocycles. The Hall–Kier alpha value is -2.47. The molecule has 2 aromatic rings. The van der Waals surface area contributed by atoms with Crippen molar-refractivity contribution in [3.05, 3.63) is 40.3 Å². The van der Waals surface area contributed by atoms with Gasteiger partial charge in [-0.1, -0.05) is 32.4 Å². The highest BCUT2D eigenvalue weighted by molar-refractivity contribution is 5.88. The quantitative estimate of drug-likeness (QED) is 0.521. The Labute approximate surface area is 189 Å². The minimum absolute atomic E-state index is 0.00540. The topological polar surface area (TPSA) is 78.1 Å². The molecule has 1 heterocycles. The molecule has 6 nitrogen and oxygen atoms in total. The van der Waals surface area contributed by atoms with Crippen molar-refractivity contribution in [3.8, 4) is 17.2 Å². The van der Waals surface area contributed by atoms with Crippen LogP contribution in [0.25, 0.3) is 11.0 Å². The van der Waals surface area contributed by atoms with E-state index in [2.05, 4.69) is 33.8 Å². The Morgan fingerprint density at radius 2 is 1.91 bits per heavy atom. The fraction of sp³-hybridized carbons (Fsp3) is 0.577. The van der Waals surface area contributed by atoms with Gasteiger partial charge in [0, 0.05) is 17.4 Å². The van der Waals surface area contributed by atoms with Crippen LogP contribution in [0.2, 0.25) is 0 Å². The molecule has 0 saturated heterocycles. The molecule has 0 aliphatic heterocycles. The van der Waals surface area contributed by atoms with Gasteiger partial charge in [0.05, 0.1) is 26.9 Å². The Morgan fingerprint density at radius 1 is 1.16 bits per heavy atom. The number of hydrogen-bond acceptors (Lipinski definition) is 6. The average Bonchev–Trinajstić information content (AvgIpc) is 2.75. The molecular weight excluding hydrogens is 408 g/mol. The second-order valence-electron chi connectivity index (χ2n) is 10.1. The molecule has 1 N–H and O–H groups in total. The van der Waals surface area contributed by atoms with Crippen molar-refractivity contribution in [1.29, 1.82) is 0 Å². The predicted octanol–water partition coefficient (Wildman–Crippen LogP) is 4.96. The summed E-state index contributed by atoms with van der Waals surface area (Å²) < 4.78 is 23.0. The third-order valence-electron chi connectivity index (χ3n) is 8.14. The van der Waals surface area contributed by atoms with Crippen molar-refractivity contribution in [2.75, 3.05) is 20.8 Å². The molecule has 1 fully saturated rings. The highest BCUT2D eigenvalue weighted by Gasteiger charge is 2.55. The maximum absolute atomic E-state index is 11.8. The summed E-state index contributed by atoms with van der Waals surface area (Å²) in [5.74, 6) is 1.86. The summed E-state index contributed by atoms with van der Waals surface area (Å²) in [6.07, 6.45) is 4.71. The fourth-order valence-electron chi connectivity index (χ4n) is 6.13. The summed E-state index contributed by atoms with van der Waals surface area (Å²) in [4.78, 5) is 11.8. The molecule has 1 aromatic carbocycles. The zero-order valence-corrected chi connectivity index (χ0v) is 19.9. The standard InChI is InChI=1S/C26H34O6/c1-15-7-9-19-25(2,3)20(27)11-12-26(19,4)17(15)14-31-23-18(29-5)13-16-8-10-21(28)32-22(16)24(23)30-6/h7-8,10,13,17,19-20,27H,9,11-12,14H2,1-6H3/t17-,19?,20-,26-/m0/s1. The number of aliphatic hydroxyl groups is 1. The van der Waals surface area contributed by atoms with Gasteiger partial charge in [-0.3, -0.25) is 0 Å². The highest BCUT2D eigenvalue weighted by atomic mass is 16.5. The summed E-state index contributed by atoms with van der Waals surface area (Å²) in [7, 11) is 3.11. The van der Waals surface area contributed by atoms with Crippen molar-refractivity contribution < 1.29 is 23.7 Å². The van der Waals surface area contributed by atoms with Crippen LogP contribution in [0.4, 0.5) is 0 Å². The number of hydrogen-bond donors (Lipinski definition) is 1. The molecule has 0 radical (unpaired) electrons. The van der Waals surface area contributed by atoms with E-state index in [1.54, 1.807) is 19.2 Å². The third kappa shape index (κ3) is 3.49. The second-order valence-corrected chi connectivity index (χ2v) is 10.1. The number of rotatable bonds is 5. The van der Waals surface area contributed by atoms with Crippen LogP contribution in [0.5, 0.6) is 17.2 Å². The van der Waals surface area contributed by atoms with Crippen LogP contribution in [0.3, 0.4) is 0 Å². The lowest BCUT2D eigenvalue weighted by Crippen LogP contribution is -2.55. The number of allylic oxidation sites excluding steroid dienone is 1. The lowest BCUT2D eigenvalue weighted by Gasteiger charge is -2.58. The molecule has 1 unspecified atom stereocenters. The van der Waals surface area contributed by atoms with Crippen molar-refractivity contribution in [3.63, 3.8) is 0 Å². The fourth-order valence-corrected chi connectivity index (χ4v) is 6.13. The van der Waals surface area contributed by atoms with Crippen LogP contribution < -0.4 is 19.8 Å². The summed E-state index contributed by atoms with van der Waals surface area (Å²) >= 11 is 0. The minimum Gasteiger partial charge on any atom is -0.493 e. The second kappa shape index (κ2) is 8.14. The third-order valence-corrected chi connectivity index (χ3v) is 8.14. The SMILES string of the molecule is COc1cc2ccc(=O)oc2c(OC)c1OC[C@H]1C(C)=CCC2C(C)(C)[C@@H](O)CC[C@]21C. The van der Waals surface area contributed by atoms with Gasteiger partial charge < -0.3 is 23.7 Å². The Kier molecular flexibility index (Phi) is 5.78. The van der Waals surface area contributed by atoms with Crippen molar-refractivity contribution >= 4 is 11.0 Å². The molecule has 174 valence electrons. The van der Waals surface area contributed by atoms with Crippen LogP contribution in [-0.4, -0.2) is 32.0 Å². The molecule has 0 amide bonds. The molecule has 4 atom stereocenters. The van der Waals surface area contributed by atoms with Crippen molar-refractivity contribution in [2.24, 2.45) is 22.7 Å². The Morgan fingerprint density at radius 3 is 2.59 bits per heavy atom. The first-order chi connectivity index (χ1) is 15.1. The van der Waals surface area contributed by atoms with Crippen LogP contribution in [0.1, 0.15) is 47.0 Å². The molecule has 0 bridgehead atoms. The summed E-state index contributed by atoms with van der Waals surface area (Å²) in [5.41, 5.74) is 1.05. The van der Waals surface area contributed by atoms with Gasteiger partial charge in [0.15, 0.2) is 11.3 Å². The number of benzene rings is 1. The van der Waals surface area contributed by atoms with E-state index in [1.807, 2.05) is 0 Å². The van der Waals surface area contributed by atoms with Gasteiger partial charge in [-0.2, -0.15) is 0 Å². The lowest BCUT2D eigenvalue weighted by molar-refractivity contribution is -0.119. The van der Waals surface area contributed by atoms with E-state index in [0.29, 0.717) is 40.7 Å². The van der Waals surface area contributed by atoms with E-state index in [-0.39, 0.29) is 22.9 Å². The molecule has 32 heavy (non-hydrogen) atoms. The predicted molar refractivity (Wildman–Crippen MR) is 124 cm³/mol. The van der Waals surface area contributed by atoms with Gasteiger partial charge in [-0.25, -0.2) is 4.79 Å². The first-order valence-electron chi connectivity index (χ1n) is 11.3. The average molecular weight is 443 g/mol. The molecule has 6 heteroatoms. The minimum atomic E-state index is -0.448. The Bertz CT molecular complexity index is 1100. The first kappa shape index (κ1) is 22.7. The molecule has 2 aliphatic rings. The van der Waals surface area contributed by atoms with E-state index in [0.717, 1.165) is 19.3 Å². The van der Waals surface area contributed by atoms with Crippen molar-refractivity contribution in [2.45, 2.75) is 53.1 Å². The van der Waals surface area contributed by atoms with Gasteiger partial charge in [-0.15, -0.1) is 0 Å². The van der Waals surface area contributed by atoms with E-state index < -0.39 is 5.63 Å².